The molecule has 1 aliphatic rings. The highest BCUT2D eigenvalue weighted by atomic mass is 32.2. The van der Waals surface area contributed by atoms with Gasteiger partial charge >= 0.3 is 0 Å². The van der Waals surface area contributed by atoms with E-state index in [-0.39, 0.29) is 24.3 Å². The summed E-state index contributed by atoms with van der Waals surface area (Å²) in [5, 5.41) is 0. The molecule has 1 aromatic carbocycles. The molecule has 1 aromatic heterocycles. The largest absolute Gasteiger partial charge is 0.369 e. The van der Waals surface area contributed by atoms with Gasteiger partial charge in [0.1, 0.15) is 0 Å². The molecular formula is C19H23N3O2S2. The summed E-state index contributed by atoms with van der Waals surface area (Å²) in [6.07, 6.45) is 3.40. The molecule has 5 nitrogen and oxygen atoms in total. The summed E-state index contributed by atoms with van der Waals surface area (Å²) < 4.78 is 0.810. The molecule has 3 rings (SSSR count). The predicted octanol–water partition coefficient (Wildman–Crippen LogP) is 3.11. The van der Waals surface area contributed by atoms with E-state index in [1.165, 1.54) is 34.2 Å². The average molecular weight is 390 g/mol. The zero-order valence-electron chi connectivity index (χ0n) is 15.0. The van der Waals surface area contributed by atoms with Gasteiger partial charge in [-0.3, -0.25) is 9.59 Å². The van der Waals surface area contributed by atoms with Crippen molar-refractivity contribution >= 4 is 34.9 Å². The second-order valence-electron chi connectivity index (χ2n) is 6.53. The van der Waals surface area contributed by atoms with Gasteiger partial charge in [-0.1, -0.05) is 36.0 Å². The fourth-order valence-corrected chi connectivity index (χ4v) is 5.48. The highest BCUT2D eigenvalue weighted by Gasteiger charge is 2.26. The zero-order valence-corrected chi connectivity index (χ0v) is 16.7. The Hall–Kier alpha value is -1.86. The number of thioether (sulfide) groups is 1. The van der Waals surface area contributed by atoms with Crippen molar-refractivity contribution in [3.05, 3.63) is 46.0 Å². The van der Waals surface area contributed by atoms with Gasteiger partial charge in [-0.15, -0.1) is 11.3 Å². The van der Waals surface area contributed by atoms with Crippen LogP contribution in [0, 0.1) is 6.92 Å². The van der Waals surface area contributed by atoms with E-state index in [0.717, 1.165) is 34.2 Å². The van der Waals surface area contributed by atoms with Crippen LogP contribution in [0.1, 0.15) is 40.6 Å². The molecule has 1 aliphatic carbocycles. The lowest BCUT2D eigenvalue weighted by Crippen LogP contribution is -2.34. The van der Waals surface area contributed by atoms with E-state index < -0.39 is 0 Å². The first-order valence-electron chi connectivity index (χ1n) is 8.66. The summed E-state index contributed by atoms with van der Waals surface area (Å²) in [7, 11) is 1.89. The molecule has 2 aromatic rings. The third kappa shape index (κ3) is 4.27. The number of rotatable bonds is 6. The molecule has 7 heteroatoms. The fraction of sp³-hybridized carbons (Fsp3) is 0.421. The zero-order chi connectivity index (χ0) is 18.7. The number of aryl methyl sites for hydroxylation is 2. The summed E-state index contributed by atoms with van der Waals surface area (Å²) in [4.78, 5) is 31.0. The number of benzene rings is 1. The number of carbonyl (C=O) groups is 2. The predicted molar refractivity (Wildman–Crippen MR) is 105 cm³/mol. The topological polar surface area (TPSA) is 76.3 Å². The van der Waals surface area contributed by atoms with Gasteiger partial charge in [0.05, 0.1) is 23.9 Å². The molecule has 1 atom stereocenters. The van der Waals surface area contributed by atoms with E-state index >= 15 is 0 Å². The molecule has 0 saturated carbocycles. The Morgan fingerprint density at radius 1 is 1.38 bits per heavy atom. The molecule has 2 amide bonds. The van der Waals surface area contributed by atoms with Crippen LogP contribution in [-0.2, 0) is 22.4 Å². The van der Waals surface area contributed by atoms with Crippen LogP contribution in [0.5, 0.6) is 0 Å². The molecule has 0 fully saturated rings. The van der Waals surface area contributed by atoms with E-state index in [2.05, 4.69) is 23.2 Å². The monoisotopic (exact) mass is 389 g/mol. The van der Waals surface area contributed by atoms with Gasteiger partial charge in [-0.25, -0.2) is 4.98 Å². The maximum atomic E-state index is 12.7. The molecule has 0 aliphatic heterocycles. The molecular weight excluding hydrogens is 366 g/mol. The Morgan fingerprint density at radius 2 is 2.15 bits per heavy atom. The van der Waals surface area contributed by atoms with E-state index in [1.807, 2.05) is 24.9 Å². The molecule has 0 spiro atoms. The SMILES string of the molecule is Cc1nc(SCC(=O)N(C)C2CCCc3ccccc32)sc1CC(N)=O. The lowest BCUT2D eigenvalue weighted by Gasteiger charge is -2.33. The van der Waals surface area contributed by atoms with Crippen molar-refractivity contribution in [2.75, 3.05) is 12.8 Å². The van der Waals surface area contributed by atoms with Crippen LogP contribution in [0.4, 0.5) is 0 Å². The van der Waals surface area contributed by atoms with Gasteiger partial charge in [-0.05, 0) is 37.3 Å². The minimum atomic E-state index is -0.361. The van der Waals surface area contributed by atoms with Crippen LogP contribution < -0.4 is 5.73 Å². The smallest absolute Gasteiger partial charge is 0.233 e. The normalized spacial score (nSPS) is 16.2. The van der Waals surface area contributed by atoms with Gasteiger partial charge in [0.2, 0.25) is 11.8 Å². The van der Waals surface area contributed by atoms with Crippen molar-refractivity contribution in [2.45, 2.75) is 43.0 Å². The van der Waals surface area contributed by atoms with E-state index in [1.54, 1.807) is 0 Å². The quantitative estimate of drug-likeness (QED) is 0.770. The lowest BCUT2D eigenvalue weighted by atomic mass is 9.87. The van der Waals surface area contributed by atoms with Gasteiger partial charge < -0.3 is 10.6 Å². The van der Waals surface area contributed by atoms with Gasteiger partial charge in [0.15, 0.2) is 4.34 Å². The van der Waals surface area contributed by atoms with Crippen LogP contribution in [0.2, 0.25) is 0 Å². The Bertz CT molecular complexity index is 819. The van der Waals surface area contributed by atoms with Crippen molar-refractivity contribution in [1.82, 2.24) is 9.88 Å². The van der Waals surface area contributed by atoms with Crippen LogP contribution in [-0.4, -0.2) is 34.5 Å². The van der Waals surface area contributed by atoms with Crippen LogP contribution >= 0.6 is 23.1 Å². The number of fused-ring (bicyclic) bond motifs is 1. The second-order valence-corrected chi connectivity index (χ2v) is 8.84. The average Bonchev–Trinajstić information content (AvgIpc) is 2.97. The van der Waals surface area contributed by atoms with Crippen LogP contribution in [0.3, 0.4) is 0 Å². The Kier molecular flexibility index (Phi) is 5.98. The van der Waals surface area contributed by atoms with E-state index in [0.29, 0.717) is 5.75 Å². The summed E-state index contributed by atoms with van der Waals surface area (Å²) >= 11 is 2.87. The Morgan fingerprint density at radius 3 is 2.92 bits per heavy atom. The number of carbonyl (C=O) groups excluding carboxylic acids is 2. The van der Waals surface area contributed by atoms with Gasteiger partial charge in [0.25, 0.3) is 0 Å². The first-order chi connectivity index (χ1) is 12.5. The molecule has 26 heavy (non-hydrogen) atoms. The van der Waals surface area contributed by atoms with E-state index in [9.17, 15) is 9.59 Å². The number of nitrogens with zero attached hydrogens (tertiary/aromatic N) is 2. The summed E-state index contributed by atoms with van der Waals surface area (Å²) in [5.41, 5.74) is 8.70. The number of hydrogen-bond donors (Lipinski definition) is 1. The van der Waals surface area contributed by atoms with Crippen molar-refractivity contribution in [2.24, 2.45) is 5.73 Å². The number of amides is 2. The minimum absolute atomic E-state index is 0.0982. The lowest BCUT2D eigenvalue weighted by molar-refractivity contribution is -0.129. The summed E-state index contributed by atoms with van der Waals surface area (Å²) in [6.45, 7) is 1.87. The third-order valence-electron chi connectivity index (χ3n) is 4.73. The Labute approximate surface area is 162 Å². The standard InChI is InChI=1S/C19H23N3O2S2/c1-12-16(10-17(20)23)26-19(21-12)25-11-18(24)22(2)15-9-5-7-13-6-3-4-8-14(13)15/h3-4,6,8,15H,5,7,9-11H2,1-2H3,(H2,20,23). The molecule has 0 bridgehead atoms. The highest BCUT2D eigenvalue weighted by molar-refractivity contribution is 8.01. The Balaban J connectivity index is 1.63. The van der Waals surface area contributed by atoms with Crippen molar-refractivity contribution in [3.63, 3.8) is 0 Å². The number of nitrogens with two attached hydrogens (primary N) is 1. The highest BCUT2D eigenvalue weighted by Crippen LogP contribution is 2.34. The number of thiazole rings is 1. The van der Waals surface area contributed by atoms with Crippen molar-refractivity contribution in [1.29, 1.82) is 0 Å². The van der Waals surface area contributed by atoms with Gasteiger partial charge in [-0.2, -0.15) is 0 Å². The fourth-order valence-electron chi connectivity index (χ4n) is 3.32. The molecule has 1 heterocycles. The second kappa shape index (κ2) is 8.22. The minimum Gasteiger partial charge on any atom is -0.369 e. The van der Waals surface area contributed by atoms with E-state index in [4.69, 9.17) is 5.73 Å². The van der Waals surface area contributed by atoms with Crippen LogP contribution in [0.15, 0.2) is 28.6 Å². The summed E-state index contributed by atoms with van der Waals surface area (Å²) in [6, 6.07) is 8.55. The third-order valence-corrected chi connectivity index (χ3v) is 7.01. The number of hydrogen-bond acceptors (Lipinski definition) is 5. The van der Waals surface area contributed by atoms with Crippen molar-refractivity contribution in [3.8, 4) is 0 Å². The molecule has 0 saturated heterocycles. The molecule has 1 unspecified atom stereocenters. The van der Waals surface area contributed by atoms with Crippen LogP contribution in [0.25, 0.3) is 0 Å². The first kappa shape index (κ1) is 18.9. The number of aromatic nitrogens is 1. The molecule has 2 N–H and O–H groups in total. The maximum Gasteiger partial charge on any atom is 0.233 e. The molecule has 138 valence electrons. The first-order valence-corrected chi connectivity index (χ1v) is 10.5. The van der Waals surface area contributed by atoms with Crippen molar-refractivity contribution < 1.29 is 9.59 Å². The molecule has 0 radical (unpaired) electrons. The number of primary amides is 1. The maximum absolute atomic E-state index is 12.7. The summed E-state index contributed by atoms with van der Waals surface area (Å²) in [5.74, 6) is 0.0825. The van der Waals surface area contributed by atoms with Gasteiger partial charge in [0, 0.05) is 11.9 Å².